The van der Waals surface area contributed by atoms with Crippen molar-refractivity contribution in [1.82, 2.24) is 4.90 Å². The van der Waals surface area contributed by atoms with Gasteiger partial charge in [0.2, 0.25) is 11.8 Å². The third-order valence-electron chi connectivity index (χ3n) is 5.58. The Hall–Kier alpha value is -1.89. The molecular weight excluding hydrogens is 362 g/mol. The van der Waals surface area contributed by atoms with Gasteiger partial charge >= 0.3 is 0 Å². The summed E-state index contributed by atoms with van der Waals surface area (Å²) in [5, 5.41) is 3.59. The van der Waals surface area contributed by atoms with Crippen LogP contribution in [-0.2, 0) is 22.4 Å². The van der Waals surface area contributed by atoms with Gasteiger partial charge in [0.15, 0.2) is 0 Å². The van der Waals surface area contributed by atoms with E-state index in [-0.39, 0.29) is 23.7 Å². The van der Waals surface area contributed by atoms with Crippen molar-refractivity contribution in [3.63, 3.8) is 0 Å². The molecule has 0 saturated carbocycles. The monoisotopic (exact) mass is 391 g/mol. The molecule has 1 aliphatic carbocycles. The number of carbonyl (C=O) groups excluding carboxylic acids is 3. The van der Waals surface area contributed by atoms with Gasteiger partial charge in [-0.2, -0.15) is 0 Å². The second kappa shape index (κ2) is 8.42. The molecule has 148 valence electrons. The highest BCUT2D eigenvalue weighted by Crippen LogP contribution is 2.37. The summed E-state index contributed by atoms with van der Waals surface area (Å²) in [5.74, 6) is -0.529. The molecule has 3 rings (SSSR count). The Morgan fingerprint density at radius 3 is 2.41 bits per heavy atom. The van der Waals surface area contributed by atoms with Crippen LogP contribution in [0.2, 0.25) is 0 Å². The van der Waals surface area contributed by atoms with Gasteiger partial charge in [0.1, 0.15) is 5.00 Å². The fraction of sp³-hybridized carbons (Fsp3) is 0.650. The first-order valence-electron chi connectivity index (χ1n) is 9.92. The summed E-state index contributed by atoms with van der Waals surface area (Å²) < 4.78 is 0. The molecule has 2 heterocycles. The van der Waals surface area contributed by atoms with Crippen LogP contribution in [0.5, 0.6) is 0 Å². The summed E-state index contributed by atoms with van der Waals surface area (Å²) in [5.41, 5.74) is 7.19. The van der Waals surface area contributed by atoms with E-state index in [0.29, 0.717) is 36.5 Å². The molecule has 27 heavy (non-hydrogen) atoms. The number of piperidine rings is 1. The Morgan fingerprint density at radius 1 is 1.11 bits per heavy atom. The van der Waals surface area contributed by atoms with E-state index in [1.165, 1.54) is 16.2 Å². The molecule has 6 nitrogen and oxygen atoms in total. The number of amides is 3. The van der Waals surface area contributed by atoms with Gasteiger partial charge in [-0.15, -0.1) is 11.3 Å². The molecule has 0 spiro atoms. The van der Waals surface area contributed by atoms with Crippen molar-refractivity contribution in [1.29, 1.82) is 0 Å². The SMILES string of the molecule is CC(C)C(=O)N1CCC(C(=O)Nc2sc3c(c2C(N)=O)CCCCC3)CC1. The molecule has 3 amide bonds. The number of nitrogens with one attached hydrogen (secondary N) is 1. The van der Waals surface area contributed by atoms with E-state index in [0.717, 1.165) is 37.7 Å². The van der Waals surface area contributed by atoms with Crippen LogP contribution in [0.15, 0.2) is 0 Å². The molecule has 0 bridgehead atoms. The maximum absolute atomic E-state index is 12.8. The van der Waals surface area contributed by atoms with Crippen LogP contribution in [0.25, 0.3) is 0 Å². The van der Waals surface area contributed by atoms with E-state index in [4.69, 9.17) is 5.73 Å². The smallest absolute Gasteiger partial charge is 0.251 e. The molecule has 0 radical (unpaired) electrons. The van der Waals surface area contributed by atoms with Gasteiger partial charge in [-0.25, -0.2) is 0 Å². The van der Waals surface area contributed by atoms with E-state index in [1.54, 1.807) is 0 Å². The van der Waals surface area contributed by atoms with Crippen LogP contribution in [0, 0.1) is 11.8 Å². The maximum atomic E-state index is 12.8. The lowest BCUT2D eigenvalue weighted by atomic mass is 9.95. The fourth-order valence-corrected chi connectivity index (χ4v) is 5.33. The predicted octanol–water partition coefficient (Wildman–Crippen LogP) is 2.95. The first kappa shape index (κ1) is 19.9. The zero-order valence-electron chi connectivity index (χ0n) is 16.2. The Balaban J connectivity index is 1.68. The van der Waals surface area contributed by atoms with Crippen LogP contribution in [0.1, 0.15) is 66.8 Å². The summed E-state index contributed by atoms with van der Waals surface area (Å²) in [6.45, 7) is 5.01. The van der Waals surface area contributed by atoms with Gasteiger partial charge in [-0.05, 0) is 44.1 Å². The highest BCUT2D eigenvalue weighted by atomic mass is 32.1. The minimum atomic E-state index is -0.456. The largest absolute Gasteiger partial charge is 0.365 e. The highest BCUT2D eigenvalue weighted by molar-refractivity contribution is 7.17. The van der Waals surface area contributed by atoms with Gasteiger partial charge < -0.3 is 16.0 Å². The van der Waals surface area contributed by atoms with Gasteiger partial charge in [0.25, 0.3) is 5.91 Å². The van der Waals surface area contributed by atoms with E-state index < -0.39 is 5.91 Å². The van der Waals surface area contributed by atoms with Crippen LogP contribution in [0.3, 0.4) is 0 Å². The average molecular weight is 392 g/mol. The zero-order chi connectivity index (χ0) is 19.6. The summed E-state index contributed by atoms with van der Waals surface area (Å²) >= 11 is 1.51. The molecule has 1 aliphatic heterocycles. The minimum absolute atomic E-state index is 0.0185. The fourth-order valence-electron chi connectivity index (χ4n) is 4.03. The van der Waals surface area contributed by atoms with Crippen molar-refractivity contribution >= 4 is 34.1 Å². The lowest BCUT2D eigenvalue weighted by molar-refractivity contribution is -0.137. The molecule has 1 saturated heterocycles. The number of nitrogens with zero attached hydrogens (tertiary/aromatic N) is 1. The molecule has 0 unspecified atom stereocenters. The normalized spacial score (nSPS) is 18.1. The zero-order valence-corrected chi connectivity index (χ0v) is 17.0. The lowest BCUT2D eigenvalue weighted by Crippen LogP contribution is -2.43. The molecule has 0 aromatic carbocycles. The number of primary amides is 1. The van der Waals surface area contributed by atoms with E-state index in [1.807, 2.05) is 18.7 Å². The molecule has 1 fully saturated rings. The maximum Gasteiger partial charge on any atom is 0.251 e. The molecular formula is C20H29N3O3S. The van der Waals surface area contributed by atoms with Crippen molar-refractivity contribution in [2.75, 3.05) is 18.4 Å². The molecule has 1 aromatic heterocycles. The average Bonchev–Trinajstić information content (AvgIpc) is 2.82. The number of anilines is 1. The quantitative estimate of drug-likeness (QED) is 0.773. The van der Waals surface area contributed by atoms with E-state index in [9.17, 15) is 14.4 Å². The van der Waals surface area contributed by atoms with Crippen molar-refractivity contribution in [2.24, 2.45) is 17.6 Å². The Labute approximate surface area is 164 Å². The topological polar surface area (TPSA) is 92.5 Å². The Morgan fingerprint density at radius 2 is 1.78 bits per heavy atom. The third-order valence-corrected chi connectivity index (χ3v) is 6.78. The van der Waals surface area contributed by atoms with E-state index in [2.05, 4.69) is 5.32 Å². The number of thiophene rings is 1. The lowest BCUT2D eigenvalue weighted by Gasteiger charge is -2.32. The van der Waals surface area contributed by atoms with Gasteiger partial charge in [-0.3, -0.25) is 14.4 Å². The third kappa shape index (κ3) is 4.34. The first-order chi connectivity index (χ1) is 12.9. The highest BCUT2D eigenvalue weighted by Gasteiger charge is 2.30. The van der Waals surface area contributed by atoms with Crippen molar-refractivity contribution in [3.05, 3.63) is 16.0 Å². The second-order valence-corrected chi connectivity index (χ2v) is 8.98. The molecule has 1 aromatic rings. The number of carbonyl (C=O) groups is 3. The Bertz CT molecular complexity index is 733. The van der Waals surface area contributed by atoms with Gasteiger partial charge in [-0.1, -0.05) is 20.3 Å². The minimum Gasteiger partial charge on any atom is -0.365 e. The number of hydrogen-bond acceptors (Lipinski definition) is 4. The second-order valence-electron chi connectivity index (χ2n) is 7.88. The van der Waals surface area contributed by atoms with Crippen molar-refractivity contribution in [3.8, 4) is 0 Å². The molecule has 7 heteroatoms. The number of hydrogen-bond donors (Lipinski definition) is 2. The van der Waals surface area contributed by atoms with Crippen LogP contribution in [0.4, 0.5) is 5.00 Å². The van der Waals surface area contributed by atoms with Crippen LogP contribution in [-0.4, -0.2) is 35.7 Å². The summed E-state index contributed by atoms with van der Waals surface area (Å²) in [6.07, 6.45) is 6.44. The van der Waals surface area contributed by atoms with Crippen LogP contribution < -0.4 is 11.1 Å². The summed E-state index contributed by atoms with van der Waals surface area (Å²) in [6, 6.07) is 0. The van der Waals surface area contributed by atoms with Gasteiger partial charge in [0, 0.05) is 29.8 Å². The number of likely N-dealkylation sites (tertiary alicyclic amines) is 1. The molecule has 0 atom stereocenters. The Kier molecular flexibility index (Phi) is 6.19. The van der Waals surface area contributed by atoms with E-state index >= 15 is 0 Å². The first-order valence-corrected chi connectivity index (χ1v) is 10.7. The van der Waals surface area contributed by atoms with Crippen molar-refractivity contribution in [2.45, 2.75) is 58.8 Å². The number of rotatable bonds is 4. The number of fused-ring (bicyclic) bond motifs is 1. The standard InChI is InChI=1S/C20H29N3O3S/c1-12(2)20(26)23-10-8-13(9-11-23)18(25)22-19-16(17(21)24)14-6-4-3-5-7-15(14)27-19/h12-13H,3-11H2,1-2H3,(H2,21,24)(H,22,25). The predicted molar refractivity (Wildman–Crippen MR) is 107 cm³/mol. The number of aryl methyl sites for hydroxylation is 1. The molecule has 2 aliphatic rings. The molecule has 3 N–H and O–H groups in total. The van der Waals surface area contributed by atoms with Crippen LogP contribution >= 0.6 is 11.3 Å². The summed E-state index contributed by atoms with van der Waals surface area (Å²) in [4.78, 5) is 39.9. The van der Waals surface area contributed by atoms with Crippen molar-refractivity contribution < 1.29 is 14.4 Å². The number of nitrogens with two attached hydrogens (primary N) is 1. The van der Waals surface area contributed by atoms with Gasteiger partial charge in [0.05, 0.1) is 5.56 Å². The summed E-state index contributed by atoms with van der Waals surface area (Å²) in [7, 11) is 0.